The number of carbonyl (C=O) groups is 1. The van der Waals surface area contributed by atoms with E-state index in [1.54, 1.807) is 0 Å². The number of pyridine rings is 1. The molecule has 6 nitrogen and oxygen atoms in total. The minimum absolute atomic E-state index is 0.222. The molecular formula is C25H43N3O3. The summed E-state index contributed by atoms with van der Waals surface area (Å²) >= 11 is 0. The zero-order valence-electron chi connectivity index (χ0n) is 19.9. The Morgan fingerprint density at radius 1 is 1.23 bits per heavy atom. The third-order valence-electron chi connectivity index (χ3n) is 5.95. The molecule has 2 N–H and O–H groups in total. The maximum atomic E-state index is 10.9. The van der Waals surface area contributed by atoms with Gasteiger partial charge in [-0.15, -0.1) is 0 Å². The second kappa shape index (κ2) is 13.7. The minimum atomic E-state index is -0.718. The Kier molecular flexibility index (Phi) is 11.3. The Bertz CT molecular complexity index is 663. The van der Waals surface area contributed by atoms with E-state index >= 15 is 0 Å². The molecule has 0 saturated heterocycles. The van der Waals surface area contributed by atoms with Gasteiger partial charge in [-0.25, -0.2) is 4.98 Å². The molecule has 0 unspecified atom stereocenters. The van der Waals surface area contributed by atoms with Crippen molar-refractivity contribution in [1.82, 2.24) is 9.88 Å². The maximum Gasteiger partial charge on any atom is 0.303 e. The van der Waals surface area contributed by atoms with Crippen LogP contribution in [-0.4, -0.2) is 60.4 Å². The van der Waals surface area contributed by atoms with Crippen molar-refractivity contribution in [2.24, 2.45) is 5.41 Å². The second-order valence-electron chi connectivity index (χ2n) is 9.60. The standard InChI is InChI=1S/C25H43N3O3/c1-4-14-25(2,3)20-31-19-18-28(17-8-11-23(29)30)16-6-5-10-22-13-12-21-9-7-15-26-24(21)27-22/h12-13H,4-11,14-20H2,1-3H3,(H,26,27)(H,29,30). The maximum absolute atomic E-state index is 10.9. The van der Waals surface area contributed by atoms with Gasteiger partial charge in [-0.1, -0.05) is 33.3 Å². The number of carboxylic acid groups (broad SMARTS) is 1. The molecular weight excluding hydrogens is 390 g/mol. The van der Waals surface area contributed by atoms with Crippen LogP contribution in [0, 0.1) is 5.41 Å². The molecule has 1 aliphatic rings. The van der Waals surface area contributed by atoms with Crippen LogP contribution in [0.15, 0.2) is 12.1 Å². The van der Waals surface area contributed by atoms with Crippen LogP contribution in [-0.2, 0) is 22.4 Å². The van der Waals surface area contributed by atoms with Crippen molar-refractivity contribution in [2.75, 3.05) is 44.7 Å². The molecule has 0 fully saturated rings. The summed E-state index contributed by atoms with van der Waals surface area (Å²) in [6.07, 6.45) is 8.73. The predicted octanol–water partition coefficient (Wildman–Crippen LogP) is 4.77. The summed E-state index contributed by atoms with van der Waals surface area (Å²) < 4.78 is 5.96. The predicted molar refractivity (Wildman–Crippen MR) is 127 cm³/mol. The average Bonchev–Trinajstić information content (AvgIpc) is 2.73. The highest BCUT2D eigenvalue weighted by molar-refractivity contribution is 5.66. The number of ether oxygens (including phenoxy) is 1. The van der Waals surface area contributed by atoms with Crippen LogP contribution in [0.5, 0.6) is 0 Å². The lowest BCUT2D eigenvalue weighted by atomic mass is 9.89. The number of rotatable bonds is 16. The lowest BCUT2D eigenvalue weighted by Gasteiger charge is -2.26. The van der Waals surface area contributed by atoms with E-state index in [2.05, 4.69) is 43.1 Å². The van der Waals surface area contributed by atoms with Gasteiger partial charge in [-0.2, -0.15) is 0 Å². The summed E-state index contributed by atoms with van der Waals surface area (Å²) in [6.45, 7) is 11.9. The Morgan fingerprint density at radius 2 is 2.03 bits per heavy atom. The molecule has 0 saturated carbocycles. The van der Waals surface area contributed by atoms with E-state index in [1.807, 2.05) is 0 Å². The average molecular weight is 434 g/mol. The molecule has 31 heavy (non-hydrogen) atoms. The van der Waals surface area contributed by atoms with E-state index in [-0.39, 0.29) is 11.8 Å². The van der Waals surface area contributed by atoms with Gasteiger partial charge in [0.25, 0.3) is 0 Å². The highest BCUT2D eigenvalue weighted by Crippen LogP contribution is 2.22. The van der Waals surface area contributed by atoms with Gasteiger partial charge < -0.3 is 20.1 Å². The number of nitrogens with one attached hydrogen (secondary N) is 1. The first-order valence-electron chi connectivity index (χ1n) is 12.1. The van der Waals surface area contributed by atoms with Crippen molar-refractivity contribution in [3.8, 4) is 0 Å². The monoisotopic (exact) mass is 433 g/mol. The van der Waals surface area contributed by atoms with E-state index < -0.39 is 5.97 Å². The van der Waals surface area contributed by atoms with E-state index in [1.165, 1.54) is 24.8 Å². The molecule has 1 aromatic heterocycles. The number of hydrogen-bond acceptors (Lipinski definition) is 5. The van der Waals surface area contributed by atoms with Gasteiger partial charge in [-0.3, -0.25) is 4.79 Å². The van der Waals surface area contributed by atoms with Gasteiger partial charge in [0.15, 0.2) is 0 Å². The summed E-state index contributed by atoms with van der Waals surface area (Å²) in [6, 6.07) is 4.39. The molecule has 0 bridgehead atoms. The molecule has 0 radical (unpaired) electrons. The fourth-order valence-electron chi connectivity index (χ4n) is 4.23. The fraction of sp³-hybridized carbons (Fsp3) is 0.760. The quantitative estimate of drug-likeness (QED) is 0.366. The molecule has 0 aliphatic carbocycles. The number of aromatic nitrogens is 1. The number of aryl methyl sites for hydroxylation is 2. The van der Waals surface area contributed by atoms with Crippen molar-refractivity contribution >= 4 is 11.8 Å². The molecule has 1 aromatic rings. The number of anilines is 1. The van der Waals surface area contributed by atoms with E-state index in [4.69, 9.17) is 14.8 Å². The molecule has 0 spiro atoms. The van der Waals surface area contributed by atoms with Gasteiger partial charge in [0.05, 0.1) is 13.2 Å². The number of hydrogen-bond donors (Lipinski definition) is 2. The number of nitrogens with zero attached hydrogens (tertiary/aromatic N) is 2. The van der Waals surface area contributed by atoms with Gasteiger partial charge in [0.1, 0.15) is 5.82 Å². The van der Waals surface area contributed by atoms with E-state index in [9.17, 15) is 4.79 Å². The van der Waals surface area contributed by atoms with Crippen LogP contribution in [0.2, 0.25) is 0 Å². The lowest BCUT2D eigenvalue weighted by Crippen LogP contribution is -2.31. The Labute approximate surface area is 188 Å². The first-order chi connectivity index (χ1) is 14.9. The first kappa shape index (κ1) is 25.6. The van der Waals surface area contributed by atoms with Crippen molar-refractivity contribution < 1.29 is 14.6 Å². The number of unbranched alkanes of at least 4 members (excludes halogenated alkanes) is 1. The summed E-state index contributed by atoms with van der Waals surface area (Å²) in [4.78, 5) is 18.0. The van der Waals surface area contributed by atoms with Gasteiger partial charge in [0.2, 0.25) is 0 Å². The topological polar surface area (TPSA) is 74.7 Å². The van der Waals surface area contributed by atoms with Crippen LogP contribution in [0.1, 0.15) is 77.0 Å². The summed E-state index contributed by atoms with van der Waals surface area (Å²) in [5, 5.41) is 12.4. The highest BCUT2D eigenvalue weighted by Gasteiger charge is 2.17. The SMILES string of the molecule is CCCC(C)(C)COCCN(CCCCc1ccc2c(n1)NCCC2)CCCC(=O)O. The Hall–Kier alpha value is -1.66. The third kappa shape index (κ3) is 10.5. The summed E-state index contributed by atoms with van der Waals surface area (Å²) in [5.41, 5.74) is 2.72. The van der Waals surface area contributed by atoms with Crippen molar-refractivity contribution in [1.29, 1.82) is 0 Å². The van der Waals surface area contributed by atoms with Gasteiger partial charge >= 0.3 is 5.97 Å². The van der Waals surface area contributed by atoms with Crippen LogP contribution < -0.4 is 5.32 Å². The molecule has 2 rings (SSSR count). The van der Waals surface area contributed by atoms with Crippen molar-refractivity contribution in [3.05, 3.63) is 23.4 Å². The number of carboxylic acids is 1. The molecule has 0 aromatic carbocycles. The third-order valence-corrected chi connectivity index (χ3v) is 5.95. The van der Waals surface area contributed by atoms with Crippen LogP contribution in [0.4, 0.5) is 5.82 Å². The largest absolute Gasteiger partial charge is 0.481 e. The molecule has 176 valence electrons. The molecule has 6 heteroatoms. The second-order valence-corrected chi connectivity index (χ2v) is 9.60. The molecule has 0 atom stereocenters. The highest BCUT2D eigenvalue weighted by atomic mass is 16.5. The smallest absolute Gasteiger partial charge is 0.303 e. The van der Waals surface area contributed by atoms with Gasteiger partial charge in [-0.05, 0) is 75.1 Å². The normalized spacial score (nSPS) is 13.8. The van der Waals surface area contributed by atoms with Crippen LogP contribution in [0.3, 0.4) is 0 Å². The number of fused-ring (bicyclic) bond motifs is 1. The first-order valence-corrected chi connectivity index (χ1v) is 12.1. The lowest BCUT2D eigenvalue weighted by molar-refractivity contribution is -0.137. The molecule has 2 heterocycles. The molecule has 1 aliphatic heterocycles. The minimum Gasteiger partial charge on any atom is -0.481 e. The van der Waals surface area contributed by atoms with Crippen molar-refractivity contribution in [2.45, 2.75) is 78.6 Å². The van der Waals surface area contributed by atoms with E-state index in [0.717, 1.165) is 70.0 Å². The number of aliphatic carboxylic acids is 1. The summed E-state index contributed by atoms with van der Waals surface area (Å²) in [5.74, 6) is 0.354. The van der Waals surface area contributed by atoms with Crippen LogP contribution >= 0.6 is 0 Å². The molecule has 0 amide bonds. The van der Waals surface area contributed by atoms with E-state index in [0.29, 0.717) is 13.0 Å². The van der Waals surface area contributed by atoms with Gasteiger partial charge in [0, 0.05) is 25.2 Å². The summed E-state index contributed by atoms with van der Waals surface area (Å²) in [7, 11) is 0. The zero-order chi connectivity index (χ0) is 22.5. The Morgan fingerprint density at radius 3 is 2.81 bits per heavy atom. The van der Waals surface area contributed by atoms with Crippen molar-refractivity contribution in [3.63, 3.8) is 0 Å². The van der Waals surface area contributed by atoms with Crippen LogP contribution in [0.25, 0.3) is 0 Å². The zero-order valence-corrected chi connectivity index (χ0v) is 19.9. The fourth-order valence-corrected chi connectivity index (χ4v) is 4.23. The Balaban J connectivity index is 1.71.